The van der Waals surface area contributed by atoms with Crippen molar-refractivity contribution in [3.63, 3.8) is 0 Å². The molecule has 0 spiro atoms. The van der Waals surface area contributed by atoms with Crippen LogP contribution in [-0.2, 0) is 5.54 Å². The van der Waals surface area contributed by atoms with Crippen LogP contribution in [0.2, 0.25) is 0 Å². The predicted molar refractivity (Wildman–Crippen MR) is 87.3 cm³/mol. The van der Waals surface area contributed by atoms with Gasteiger partial charge in [-0.05, 0) is 59.7 Å². The Bertz CT molecular complexity index is 475. The summed E-state index contributed by atoms with van der Waals surface area (Å²) in [7, 11) is 1.91. The number of rotatable bonds is 6. The monoisotopic (exact) mass is 314 g/mol. The van der Waals surface area contributed by atoms with Crippen molar-refractivity contribution in [3.05, 3.63) is 17.5 Å². The molecule has 0 bridgehead atoms. The van der Waals surface area contributed by atoms with Gasteiger partial charge in [0.1, 0.15) is 5.69 Å². The van der Waals surface area contributed by atoms with Gasteiger partial charge in [-0.15, -0.1) is 12.4 Å². The summed E-state index contributed by atoms with van der Waals surface area (Å²) in [4.78, 5) is 12.1. The molecule has 1 aromatic rings. The molecule has 0 saturated heterocycles. The maximum atomic E-state index is 12.1. The van der Waals surface area contributed by atoms with Gasteiger partial charge >= 0.3 is 0 Å². The maximum absolute atomic E-state index is 12.1. The van der Waals surface area contributed by atoms with Gasteiger partial charge in [-0.2, -0.15) is 5.10 Å². The van der Waals surface area contributed by atoms with E-state index in [1.165, 1.54) is 18.5 Å². The van der Waals surface area contributed by atoms with Gasteiger partial charge in [-0.1, -0.05) is 0 Å². The van der Waals surface area contributed by atoms with E-state index in [4.69, 9.17) is 0 Å². The van der Waals surface area contributed by atoms with Gasteiger partial charge in [0.05, 0.1) is 5.54 Å². The third-order valence-corrected chi connectivity index (χ3v) is 3.49. The highest BCUT2D eigenvalue weighted by atomic mass is 35.5. The van der Waals surface area contributed by atoms with Crippen LogP contribution in [0.4, 0.5) is 0 Å². The summed E-state index contributed by atoms with van der Waals surface area (Å²) in [6.45, 7) is 7.96. The van der Waals surface area contributed by atoms with Crippen LogP contribution in [0.25, 0.3) is 0 Å². The molecule has 0 unspecified atom stereocenters. The van der Waals surface area contributed by atoms with Gasteiger partial charge in [-0.3, -0.25) is 9.48 Å². The molecule has 0 radical (unpaired) electrons. The molecule has 1 aliphatic carbocycles. The molecule has 1 fully saturated rings. The van der Waals surface area contributed by atoms with Gasteiger partial charge in [0.2, 0.25) is 0 Å². The summed E-state index contributed by atoms with van der Waals surface area (Å²) in [5, 5.41) is 10.5. The quantitative estimate of drug-likeness (QED) is 0.792. The van der Waals surface area contributed by atoms with Crippen LogP contribution >= 0.6 is 12.4 Å². The number of hydrogen-bond acceptors (Lipinski definition) is 3. The Morgan fingerprint density at radius 2 is 2.05 bits per heavy atom. The lowest BCUT2D eigenvalue weighted by Crippen LogP contribution is -2.28. The molecule has 0 aromatic carbocycles. The highest BCUT2D eigenvalue weighted by Crippen LogP contribution is 2.41. The number of hydrogen-bond donors (Lipinski definition) is 2. The zero-order valence-corrected chi connectivity index (χ0v) is 14.2. The molecule has 0 atom stereocenters. The summed E-state index contributed by atoms with van der Waals surface area (Å²) in [5.74, 6) is 0.526. The number of carbonyl (C=O) groups is 1. The summed E-state index contributed by atoms with van der Waals surface area (Å²) in [6, 6.07) is 1.97. The van der Waals surface area contributed by atoms with E-state index < -0.39 is 0 Å². The van der Waals surface area contributed by atoms with Crippen molar-refractivity contribution in [1.29, 1.82) is 0 Å². The van der Waals surface area contributed by atoms with E-state index in [0.717, 1.165) is 13.0 Å². The van der Waals surface area contributed by atoms with Crippen LogP contribution in [0.5, 0.6) is 0 Å². The molecule has 1 heterocycles. The molecule has 1 aliphatic rings. The predicted octanol–water partition coefficient (Wildman–Crippen LogP) is 2.28. The molecule has 0 aliphatic heterocycles. The van der Waals surface area contributed by atoms with Crippen molar-refractivity contribution in [2.24, 2.45) is 0 Å². The lowest BCUT2D eigenvalue weighted by Gasteiger charge is -2.22. The molecule has 1 amide bonds. The van der Waals surface area contributed by atoms with E-state index in [1.54, 1.807) is 0 Å². The van der Waals surface area contributed by atoms with E-state index in [9.17, 15) is 4.79 Å². The smallest absolute Gasteiger partial charge is 0.271 e. The topological polar surface area (TPSA) is 58.9 Å². The second kappa shape index (κ2) is 7.27. The van der Waals surface area contributed by atoms with Crippen LogP contribution in [0.15, 0.2) is 6.07 Å². The second-order valence-corrected chi connectivity index (χ2v) is 6.52. The fourth-order valence-corrected chi connectivity index (χ4v) is 2.27. The van der Waals surface area contributed by atoms with Crippen molar-refractivity contribution < 1.29 is 4.79 Å². The van der Waals surface area contributed by atoms with Crippen molar-refractivity contribution in [1.82, 2.24) is 20.4 Å². The van der Waals surface area contributed by atoms with E-state index in [0.29, 0.717) is 18.2 Å². The maximum Gasteiger partial charge on any atom is 0.271 e. The van der Waals surface area contributed by atoms with Crippen LogP contribution in [0, 0.1) is 0 Å². The lowest BCUT2D eigenvalue weighted by atomic mass is 10.1. The van der Waals surface area contributed by atoms with Crippen LogP contribution < -0.4 is 10.6 Å². The first-order valence-electron chi connectivity index (χ1n) is 7.46. The van der Waals surface area contributed by atoms with Crippen LogP contribution in [-0.4, -0.2) is 35.8 Å². The third kappa shape index (κ3) is 4.71. The minimum absolute atomic E-state index is 0. The van der Waals surface area contributed by atoms with Gasteiger partial charge < -0.3 is 10.6 Å². The van der Waals surface area contributed by atoms with E-state index in [1.807, 2.05) is 17.8 Å². The Kier molecular flexibility index (Phi) is 6.23. The first-order valence-corrected chi connectivity index (χ1v) is 7.46. The third-order valence-electron chi connectivity index (χ3n) is 3.49. The molecule has 1 saturated carbocycles. The molecule has 2 N–H and O–H groups in total. The average molecular weight is 315 g/mol. The fraction of sp³-hybridized carbons (Fsp3) is 0.733. The van der Waals surface area contributed by atoms with Crippen molar-refractivity contribution >= 4 is 18.3 Å². The number of halogens is 1. The molecule has 6 heteroatoms. The molecule has 120 valence electrons. The molecular weight excluding hydrogens is 288 g/mol. The Hall–Kier alpha value is -1.07. The first-order chi connectivity index (χ1) is 9.43. The first kappa shape index (κ1) is 18.0. The standard InChI is InChI=1S/C15H26N4O.ClH/c1-15(2,3)19-13(11-6-7-11)10-12(18-19)14(20)17-9-5-8-16-4;/h10-11,16H,5-9H2,1-4H3,(H,17,20);1H. The highest BCUT2D eigenvalue weighted by molar-refractivity contribution is 5.92. The van der Waals surface area contributed by atoms with E-state index >= 15 is 0 Å². The lowest BCUT2D eigenvalue weighted by molar-refractivity contribution is 0.0946. The molecule has 5 nitrogen and oxygen atoms in total. The summed E-state index contributed by atoms with van der Waals surface area (Å²) < 4.78 is 2.02. The molecular formula is C15H27ClN4O. The largest absolute Gasteiger partial charge is 0.351 e. The Balaban J connectivity index is 0.00000220. The van der Waals surface area contributed by atoms with Gasteiger partial charge in [0, 0.05) is 18.2 Å². The molecule has 2 rings (SSSR count). The zero-order chi connectivity index (χ0) is 14.8. The second-order valence-electron chi connectivity index (χ2n) is 6.52. The number of amides is 1. The number of aromatic nitrogens is 2. The van der Waals surface area contributed by atoms with E-state index in [-0.39, 0.29) is 23.9 Å². The molecule has 21 heavy (non-hydrogen) atoms. The molecule has 1 aromatic heterocycles. The van der Waals surface area contributed by atoms with Gasteiger partial charge in [0.25, 0.3) is 5.91 Å². The van der Waals surface area contributed by atoms with E-state index in [2.05, 4.69) is 36.5 Å². The average Bonchev–Trinajstić information content (AvgIpc) is 3.11. The fourth-order valence-electron chi connectivity index (χ4n) is 2.27. The van der Waals surface area contributed by atoms with Crippen molar-refractivity contribution in [2.45, 2.75) is 51.5 Å². The summed E-state index contributed by atoms with van der Waals surface area (Å²) >= 11 is 0. The Labute approximate surface area is 133 Å². The minimum Gasteiger partial charge on any atom is -0.351 e. The summed E-state index contributed by atoms with van der Waals surface area (Å²) in [5.41, 5.74) is 1.67. The number of nitrogens with one attached hydrogen (secondary N) is 2. The van der Waals surface area contributed by atoms with Gasteiger partial charge in [-0.25, -0.2) is 0 Å². The SMILES string of the molecule is CNCCCNC(=O)c1cc(C2CC2)n(C(C)(C)C)n1.Cl. The summed E-state index contributed by atoms with van der Waals surface area (Å²) in [6.07, 6.45) is 3.35. The number of carbonyl (C=O) groups excluding carboxylic acids is 1. The van der Waals surface area contributed by atoms with Crippen LogP contribution in [0.1, 0.15) is 62.1 Å². The minimum atomic E-state index is -0.0808. The zero-order valence-electron chi connectivity index (χ0n) is 13.4. The number of nitrogens with zero attached hydrogens (tertiary/aromatic N) is 2. The van der Waals surface area contributed by atoms with Crippen molar-refractivity contribution in [2.75, 3.05) is 20.1 Å². The van der Waals surface area contributed by atoms with Gasteiger partial charge in [0.15, 0.2) is 0 Å². The Morgan fingerprint density at radius 1 is 1.38 bits per heavy atom. The normalized spacial score (nSPS) is 14.7. The van der Waals surface area contributed by atoms with Crippen molar-refractivity contribution in [3.8, 4) is 0 Å². The van der Waals surface area contributed by atoms with Crippen LogP contribution in [0.3, 0.4) is 0 Å². The Morgan fingerprint density at radius 3 is 2.57 bits per heavy atom. The highest BCUT2D eigenvalue weighted by Gasteiger charge is 2.32.